The highest BCUT2D eigenvalue weighted by atomic mass is 32.2. The molecule has 0 spiro atoms. The van der Waals surface area contributed by atoms with Gasteiger partial charge in [-0.3, -0.25) is 9.69 Å². The first kappa shape index (κ1) is 17.5. The molecule has 2 aromatic carbocycles. The third kappa shape index (κ3) is 3.50. The van der Waals surface area contributed by atoms with Gasteiger partial charge in [-0.05, 0) is 43.0 Å². The lowest BCUT2D eigenvalue weighted by atomic mass is 10.1. The van der Waals surface area contributed by atoms with Gasteiger partial charge >= 0.3 is 0 Å². The molecule has 2 aliphatic rings. The Balaban J connectivity index is 1.68. The van der Waals surface area contributed by atoms with Crippen molar-refractivity contribution in [2.75, 3.05) is 20.4 Å². The molecule has 0 atom stereocenters. The van der Waals surface area contributed by atoms with E-state index in [0.717, 1.165) is 11.3 Å². The second-order valence-electron chi connectivity index (χ2n) is 5.88. The Hall–Kier alpha value is -2.93. The highest BCUT2D eigenvalue weighted by Crippen LogP contribution is 2.41. The molecule has 6 nitrogen and oxygen atoms in total. The molecule has 138 valence electrons. The van der Waals surface area contributed by atoms with E-state index in [2.05, 4.69) is 4.99 Å². The summed E-state index contributed by atoms with van der Waals surface area (Å²) in [4.78, 5) is 19.4. The first-order valence-electron chi connectivity index (χ1n) is 8.53. The van der Waals surface area contributed by atoms with Crippen molar-refractivity contribution >= 4 is 34.6 Å². The van der Waals surface area contributed by atoms with Crippen molar-refractivity contribution in [1.29, 1.82) is 0 Å². The number of rotatable bonds is 4. The number of ether oxygens (including phenoxy) is 3. The van der Waals surface area contributed by atoms with Gasteiger partial charge in [-0.2, -0.15) is 0 Å². The minimum Gasteiger partial charge on any atom is -0.493 e. The summed E-state index contributed by atoms with van der Waals surface area (Å²) < 4.78 is 16.6. The number of hydrogen-bond donors (Lipinski definition) is 0. The molecule has 0 bridgehead atoms. The second kappa shape index (κ2) is 7.36. The zero-order valence-electron chi connectivity index (χ0n) is 15.0. The molecular formula is C20H18N2O4S. The van der Waals surface area contributed by atoms with E-state index >= 15 is 0 Å². The molecule has 27 heavy (non-hydrogen) atoms. The SMILES string of the molecule is CCOc1cc2c(cc1/C=C1/SC(=Nc3ccccc3)N(C)C1=O)OCO2. The Morgan fingerprint density at radius 2 is 1.96 bits per heavy atom. The number of benzene rings is 2. The van der Waals surface area contributed by atoms with Gasteiger partial charge in [0.15, 0.2) is 16.7 Å². The number of para-hydroxylation sites is 1. The minimum absolute atomic E-state index is 0.102. The Morgan fingerprint density at radius 3 is 2.70 bits per heavy atom. The Morgan fingerprint density at radius 1 is 1.22 bits per heavy atom. The molecule has 0 N–H and O–H groups in total. The Labute approximate surface area is 161 Å². The second-order valence-corrected chi connectivity index (χ2v) is 6.89. The van der Waals surface area contributed by atoms with Crippen LogP contribution in [0.2, 0.25) is 0 Å². The monoisotopic (exact) mass is 382 g/mol. The summed E-state index contributed by atoms with van der Waals surface area (Å²) in [7, 11) is 1.72. The van der Waals surface area contributed by atoms with E-state index in [4.69, 9.17) is 14.2 Å². The highest BCUT2D eigenvalue weighted by Gasteiger charge is 2.31. The minimum atomic E-state index is -0.102. The van der Waals surface area contributed by atoms with Gasteiger partial charge in [-0.15, -0.1) is 0 Å². The number of thioether (sulfide) groups is 1. The average molecular weight is 382 g/mol. The van der Waals surface area contributed by atoms with Gasteiger partial charge in [0.1, 0.15) is 5.75 Å². The van der Waals surface area contributed by atoms with Crippen LogP contribution in [-0.4, -0.2) is 36.4 Å². The molecule has 0 unspecified atom stereocenters. The van der Waals surface area contributed by atoms with Crippen LogP contribution in [0.15, 0.2) is 52.4 Å². The van der Waals surface area contributed by atoms with Crippen molar-refractivity contribution in [1.82, 2.24) is 4.90 Å². The molecule has 2 heterocycles. The fraction of sp³-hybridized carbons (Fsp3) is 0.200. The number of carbonyl (C=O) groups excluding carboxylic acids is 1. The number of fused-ring (bicyclic) bond motifs is 1. The van der Waals surface area contributed by atoms with E-state index in [-0.39, 0.29) is 12.7 Å². The fourth-order valence-corrected chi connectivity index (χ4v) is 3.72. The molecule has 7 heteroatoms. The predicted molar refractivity (Wildman–Crippen MR) is 106 cm³/mol. The van der Waals surface area contributed by atoms with Gasteiger partial charge in [0, 0.05) is 18.7 Å². The number of amidine groups is 1. The maximum atomic E-state index is 12.7. The first-order chi connectivity index (χ1) is 13.2. The van der Waals surface area contributed by atoms with Crippen LogP contribution < -0.4 is 14.2 Å². The molecule has 0 aliphatic carbocycles. The molecule has 0 saturated carbocycles. The summed E-state index contributed by atoms with van der Waals surface area (Å²) >= 11 is 1.34. The van der Waals surface area contributed by atoms with Crippen molar-refractivity contribution in [3.8, 4) is 17.2 Å². The lowest BCUT2D eigenvalue weighted by Crippen LogP contribution is -2.23. The zero-order chi connectivity index (χ0) is 18.8. The first-order valence-corrected chi connectivity index (χ1v) is 9.35. The summed E-state index contributed by atoms with van der Waals surface area (Å²) in [6, 6.07) is 13.2. The maximum absolute atomic E-state index is 12.7. The van der Waals surface area contributed by atoms with Crippen molar-refractivity contribution in [3.63, 3.8) is 0 Å². The molecule has 1 saturated heterocycles. The fourth-order valence-electron chi connectivity index (χ4n) is 2.74. The zero-order valence-corrected chi connectivity index (χ0v) is 15.8. The molecule has 1 fully saturated rings. The quantitative estimate of drug-likeness (QED) is 0.747. The van der Waals surface area contributed by atoms with Crippen LogP contribution in [0, 0.1) is 0 Å². The van der Waals surface area contributed by atoms with Gasteiger partial charge < -0.3 is 14.2 Å². The van der Waals surface area contributed by atoms with E-state index in [1.165, 1.54) is 11.8 Å². The van der Waals surface area contributed by atoms with Crippen LogP contribution >= 0.6 is 11.8 Å². The number of nitrogens with zero attached hydrogens (tertiary/aromatic N) is 2. The third-order valence-corrected chi connectivity index (χ3v) is 5.14. The molecule has 0 aromatic heterocycles. The van der Waals surface area contributed by atoms with Gasteiger partial charge in [-0.25, -0.2) is 4.99 Å². The third-order valence-electron chi connectivity index (χ3n) is 4.08. The Bertz CT molecular complexity index is 940. The molecule has 4 rings (SSSR count). The van der Waals surface area contributed by atoms with Gasteiger partial charge in [0.25, 0.3) is 5.91 Å². The summed E-state index contributed by atoms with van der Waals surface area (Å²) in [5.41, 5.74) is 1.57. The summed E-state index contributed by atoms with van der Waals surface area (Å²) in [5.74, 6) is 1.84. The summed E-state index contributed by atoms with van der Waals surface area (Å²) in [6.45, 7) is 2.61. The molecule has 2 aromatic rings. The van der Waals surface area contributed by atoms with Gasteiger partial charge in [0.05, 0.1) is 17.2 Å². The van der Waals surface area contributed by atoms with Crippen LogP contribution in [0.5, 0.6) is 17.2 Å². The number of likely N-dealkylation sites (N-methyl/N-ethyl adjacent to an activating group) is 1. The standard InChI is InChI=1S/C20H18N2O4S/c1-3-24-15-11-17-16(25-12-26-17)9-13(15)10-18-19(23)22(2)20(27-18)21-14-7-5-4-6-8-14/h4-11H,3,12H2,1-2H3/b18-10+,21-20?. The van der Waals surface area contributed by atoms with Crippen LogP contribution in [0.25, 0.3) is 6.08 Å². The summed E-state index contributed by atoms with van der Waals surface area (Å²) in [5, 5.41) is 0.635. The van der Waals surface area contributed by atoms with E-state index in [1.807, 2.05) is 49.4 Å². The van der Waals surface area contributed by atoms with Crippen molar-refractivity contribution in [3.05, 3.63) is 52.9 Å². The average Bonchev–Trinajstić information content (AvgIpc) is 3.23. The normalized spacial score (nSPS) is 18.6. The Kier molecular flexibility index (Phi) is 4.77. The maximum Gasteiger partial charge on any atom is 0.266 e. The van der Waals surface area contributed by atoms with E-state index < -0.39 is 0 Å². The summed E-state index contributed by atoms with van der Waals surface area (Å²) in [6.07, 6.45) is 1.81. The number of amides is 1. The van der Waals surface area contributed by atoms with E-state index in [0.29, 0.717) is 33.9 Å². The van der Waals surface area contributed by atoms with Crippen LogP contribution in [0.1, 0.15) is 12.5 Å². The molecule has 2 aliphatic heterocycles. The molecule has 0 radical (unpaired) electrons. The number of carbonyl (C=O) groups is 1. The number of aliphatic imine (C=N–C) groups is 1. The topological polar surface area (TPSA) is 60.4 Å². The van der Waals surface area contributed by atoms with Crippen molar-refractivity contribution < 1.29 is 19.0 Å². The van der Waals surface area contributed by atoms with E-state index in [1.54, 1.807) is 18.0 Å². The van der Waals surface area contributed by atoms with Gasteiger partial charge in [-0.1, -0.05) is 18.2 Å². The lowest BCUT2D eigenvalue weighted by molar-refractivity contribution is -0.121. The molecule has 1 amide bonds. The van der Waals surface area contributed by atoms with Crippen molar-refractivity contribution in [2.24, 2.45) is 4.99 Å². The van der Waals surface area contributed by atoms with Crippen LogP contribution in [0.3, 0.4) is 0 Å². The van der Waals surface area contributed by atoms with Crippen molar-refractivity contribution in [2.45, 2.75) is 6.92 Å². The number of hydrogen-bond acceptors (Lipinski definition) is 6. The van der Waals surface area contributed by atoms with Crippen LogP contribution in [0.4, 0.5) is 5.69 Å². The molecular weight excluding hydrogens is 364 g/mol. The lowest BCUT2D eigenvalue weighted by Gasteiger charge is -2.09. The van der Waals surface area contributed by atoms with E-state index in [9.17, 15) is 4.79 Å². The largest absolute Gasteiger partial charge is 0.493 e. The van der Waals surface area contributed by atoms with Crippen LogP contribution in [-0.2, 0) is 4.79 Å². The highest BCUT2D eigenvalue weighted by molar-refractivity contribution is 8.18. The predicted octanol–water partition coefficient (Wildman–Crippen LogP) is 4.05. The van der Waals surface area contributed by atoms with Gasteiger partial charge in [0.2, 0.25) is 6.79 Å². The smallest absolute Gasteiger partial charge is 0.266 e.